The number of phosphoric acid groups is 1. The van der Waals surface area contributed by atoms with Crippen molar-refractivity contribution in [2.75, 3.05) is 0 Å². The number of carbonyl (C=O) groups excluding carboxylic acids is 1. The van der Waals surface area contributed by atoms with Crippen LogP contribution in [0.3, 0.4) is 0 Å². The van der Waals surface area contributed by atoms with E-state index in [2.05, 4.69) is 6.07 Å². The van der Waals surface area contributed by atoms with Gasteiger partial charge in [-0.05, 0) is 6.92 Å². The van der Waals surface area contributed by atoms with Crippen molar-refractivity contribution >= 4 is 37.2 Å². The normalized spacial score (nSPS) is 9.30. The Morgan fingerprint density at radius 1 is 0.957 bits per heavy atom. The fourth-order valence-corrected chi connectivity index (χ4v) is 1.68. The van der Waals surface area contributed by atoms with Gasteiger partial charge < -0.3 is 19.5 Å². The van der Waals surface area contributed by atoms with Gasteiger partial charge in [-0.3, -0.25) is 0 Å². The second kappa shape index (κ2) is 12.4. The van der Waals surface area contributed by atoms with Crippen LogP contribution in [-0.2, 0) is 9.36 Å². The van der Waals surface area contributed by atoms with E-state index in [-0.39, 0.29) is 23.1 Å². The van der Waals surface area contributed by atoms with Crippen LogP contribution in [0.15, 0.2) is 42.5 Å². The zero-order chi connectivity index (χ0) is 17.2. The van der Waals surface area contributed by atoms with Crippen LogP contribution in [0.25, 0.3) is 0 Å². The van der Waals surface area contributed by atoms with Crippen LogP contribution in [0.4, 0.5) is 0 Å². The van der Waals surface area contributed by atoms with E-state index in [1.54, 1.807) is 0 Å². The van der Waals surface area contributed by atoms with Crippen molar-refractivity contribution in [1.29, 1.82) is 0 Å². The zero-order valence-electron chi connectivity index (χ0n) is 13.4. The molecule has 0 atom stereocenters. The van der Waals surface area contributed by atoms with E-state index in [9.17, 15) is 4.79 Å². The first-order valence-corrected chi connectivity index (χ1v) is 7.87. The predicted octanol–water partition coefficient (Wildman–Crippen LogP) is 2.25. The number of hydrogen-bond donors (Lipinski definition) is 3. The van der Waals surface area contributed by atoms with Gasteiger partial charge in [-0.1, -0.05) is 19.4 Å². The van der Waals surface area contributed by atoms with E-state index >= 15 is 0 Å². The van der Waals surface area contributed by atoms with Crippen molar-refractivity contribution in [2.24, 2.45) is 0 Å². The van der Waals surface area contributed by atoms with E-state index < -0.39 is 7.82 Å². The number of rotatable bonds is 1. The fourth-order valence-electron chi connectivity index (χ4n) is 1.68. The van der Waals surface area contributed by atoms with Crippen molar-refractivity contribution in [3.8, 4) is 0 Å². The molecule has 0 unspecified atom stereocenters. The molecule has 0 saturated carbocycles. The van der Waals surface area contributed by atoms with Gasteiger partial charge in [0.15, 0.2) is 0 Å². The van der Waals surface area contributed by atoms with E-state index in [1.165, 1.54) is 5.56 Å². The Kier molecular flexibility index (Phi) is 13.1. The van der Waals surface area contributed by atoms with Gasteiger partial charge in [0.1, 0.15) is 0 Å². The molecule has 0 bridgehead atoms. The molecule has 0 amide bonds. The molecule has 2 aromatic carbocycles. The van der Waals surface area contributed by atoms with Crippen molar-refractivity contribution in [3.63, 3.8) is 0 Å². The first kappa shape index (κ1) is 24.2. The molecule has 2 rings (SSSR count). The molecule has 120 valence electrons. The smallest absolute Gasteiger partial charge is 0.376 e. The van der Waals surface area contributed by atoms with Crippen LogP contribution in [-0.4, -0.2) is 44.0 Å². The average molecular weight is 347 g/mol. The summed E-state index contributed by atoms with van der Waals surface area (Å²) < 4.78 is 8.88. The molecule has 2 aromatic rings. The minimum Gasteiger partial charge on any atom is -0.376 e. The molecule has 3 N–H and O–H groups in total. The number of benzene rings is 2. The minimum atomic E-state index is -4.64. The molecule has 0 aliphatic heterocycles. The molecule has 5 nitrogen and oxygen atoms in total. The number of hydrogen-bond acceptors (Lipinski definition) is 2. The van der Waals surface area contributed by atoms with Crippen molar-refractivity contribution in [2.45, 2.75) is 20.8 Å². The summed E-state index contributed by atoms with van der Waals surface area (Å²) in [6, 6.07) is 16.5. The van der Waals surface area contributed by atoms with Gasteiger partial charge in [0.2, 0.25) is 0 Å². The van der Waals surface area contributed by atoms with Crippen molar-refractivity contribution < 1.29 is 24.0 Å². The zero-order valence-corrected chi connectivity index (χ0v) is 15.7. The summed E-state index contributed by atoms with van der Waals surface area (Å²) in [5.74, 6) is 0. The maximum absolute atomic E-state index is 10.4. The SMILES string of the molecule is Cc1cc(C)c([C-]=O)c(C)c1.O=P(O)(O)O.[Mg+2].[c-]1ccccc1. The molecule has 0 saturated heterocycles. The molecular formula is C16H19MgO5P. The van der Waals surface area contributed by atoms with Crippen LogP contribution in [0.1, 0.15) is 22.3 Å². The molecule has 0 aliphatic carbocycles. The molecule has 0 aromatic heterocycles. The Morgan fingerprint density at radius 2 is 1.35 bits per heavy atom. The summed E-state index contributed by atoms with van der Waals surface area (Å²) in [4.78, 5) is 32.0. The van der Waals surface area contributed by atoms with Gasteiger partial charge in [-0.25, -0.2) is 4.57 Å². The third-order valence-electron chi connectivity index (χ3n) is 2.39. The maximum atomic E-state index is 10.4. The van der Waals surface area contributed by atoms with Gasteiger partial charge in [-0.15, -0.1) is 28.8 Å². The Morgan fingerprint density at radius 3 is 1.57 bits per heavy atom. The second-order valence-corrected chi connectivity index (χ2v) is 5.49. The quantitative estimate of drug-likeness (QED) is 0.418. The van der Waals surface area contributed by atoms with Gasteiger partial charge >= 0.3 is 30.9 Å². The monoisotopic (exact) mass is 346 g/mol. The second-order valence-electron chi connectivity index (χ2n) is 4.47. The molecule has 0 spiro atoms. The van der Waals surface area contributed by atoms with Crippen LogP contribution >= 0.6 is 7.82 Å². The Bertz CT molecular complexity index is 568. The molecular weight excluding hydrogens is 327 g/mol. The summed E-state index contributed by atoms with van der Waals surface area (Å²) in [6.45, 7) is 5.88. The molecule has 23 heavy (non-hydrogen) atoms. The summed E-state index contributed by atoms with van der Waals surface area (Å²) in [5, 5.41) is 0. The topological polar surface area (TPSA) is 94.8 Å². The van der Waals surface area contributed by atoms with E-state index in [0.717, 1.165) is 11.1 Å². The Balaban J connectivity index is 0. The summed E-state index contributed by atoms with van der Waals surface area (Å²) in [7, 11) is -4.64. The minimum absolute atomic E-state index is 0. The third-order valence-corrected chi connectivity index (χ3v) is 2.39. The standard InChI is InChI=1S/C10H11O.C6H5.Mg.H3O4P/c1-7-4-8(2)10(6-11)9(3)5-7;1-2-4-6-5-3-1;;1-5(2,3)4/h4-5H,1-3H3;1-5H;;(H3,1,2,3,4)/q2*-1;+2;. The van der Waals surface area contributed by atoms with E-state index in [4.69, 9.17) is 19.2 Å². The maximum Gasteiger partial charge on any atom is 2.00 e. The summed E-state index contributed by atoms with van der Waals surface area (Å²) in [6.07, 6.45) is 1.94. The molecule has 0 aliphatic rings. The third kappa shape index (κ3) is 14.3. The molecule has 0 heterocycles. The van der Waals surface area contributed by atoms with Crippen molar-refractivity contribution in [1.82, 2.24) is 0 Å². The predicted molar refractivity (Wildman–Crippen MR) is 90.7 cm³/mol. The van der Waals surface area contributed by atoms with Crippen LogP contribution < -0.4 is 0 Å². The average Bonchev–Trinajstić information content (AvgIpc) is 2.39. The molecule has 7 heteroatoms. The Labute approximate surface area is 152 Å². The van der Waals surface area contributed by atoms with E-state index in [1.807, 2.05) is 69.5 Å². The van der Waals surface area contributed by atoms with Crippen LogP contribution in [0.5, 0.6) is 0 Å². The van der Waals surface area contributed by atoms with Gasteiger partial charge in [0.25, 0.3) is 0 Å². The first-order chi connectivity index (χ1) is 10.1. The van der Waals surface area contributed by atoms with E-state index in [0.29, 0.717) is 5.56 Å². The summed E-state index contributed by atoms with van der Waals surface area (Å²) in [5.41, 5.74) is 3.92. The molecule has 0 fully saturated rings. The first-order valence-electron chi connectivity index (χ1n) is 6.30. The largest absolute Gasteiger partial charge is 2.00 e. The molecule has 0 radical (unpaired) electrons. The summed E-state index contributed by atoms with van der Waals surface area (Å²) >= 11 is 0. The number of aryl methyl sites for hydroxylation is 3. The van der Waals surface area contributed by atoms with Gasteiger partial charge in [-0.2, -0.15) is 36.4 Å². The fraction of sp³-hybridized carbons (Fsp3) is 0.188. The van der Waals surface area contributed by atoms with Gasteiger partial charge in [0, 0.05) is 0 Å². The Hall–Kier alpha value is -1.01. The van der Waals surface area contributed by atoms with Crippen LogP contribution in [0, 0.1) is 26.8 Å². The van der Waals surface area contributed by atoms with Crippen molar-refractivity contribution in [3.05, 3.63) is 70.8 Å². The van der Waals surface area contributed by atoms with Gasteiger partial charge in [0.05, 0.1) is 6.29 Å². The van der Waals surface area contributed by atoms with Crippen LogP contribution in [0.2, 0.25) is 0 Å².